The Kier molecular flexibility index (Phi) is 3.68. The van der Waals surface area contributed by atoms with Gasteiger partial charge in [-0.25, -0.2) is 0 Å². The van der Waals surface area contributed by atoms with Crippen LogP contribution in [-0.4, -0.2) is 17.2 Å². The maximum atomic E-state index is 11.2. The monoisotopic (exact) mass is 226 g/mol. The van der Waals surface area contributed by atoms with Gasteiger partial charge in [0.05, 0.1) is 0 Å². The average molecular weight is 227 g/mol. The molecule has 0 saturated heterocycles. The second kappa shape index (κ2) is 4.79. The molecule has 0 aromatic heterocycles. The summed E-state index contributed by atoms with van der Waals surface area (Å²) < 4.78 is 0. The van der Waals surface area contributed by atoms with E-state index in [9.17, 15) is 9.59 Å². The third-order valence-electron chi connectivity index (χ3n) is 1.80. The second-order valence-electron chi connectivity index (χ2n) is 3.05. The van der Waals surface area contributed by atoms with Gasteiger partial charge < -0.3 is 11.1 Å². The number of benzene rings is 1. The lowest BCUT2D eigenvalue weighted by Crippen LogP contribution is -2.20. The van der Waals surface area contributed by atoms with Crippen LogP contribution in [0.5, 0.6) is 0 Å². The first-order chi connectivity index (χ1) is 7.00. The molecule has 0 aliphatic carbocycles. The van der Waals surface area contributed by atoms with Crippen LogP contribution in [0, 0.1) is 0 Å². The Morgan fingerprint density at radius 2 is 1.87 bits per heavy atom. The van der Waals surface area contributed by atoms with Crippen molar-refractivity contribution >= 4 is 29.1 Å². The lowest BCUT2D eigenvalue weighted by molar-refractivity contribution is -0.115. The van der Waals surface area contributed by atoms with Crippen molar-refractivity contribution in [2.45, 2.75) is 12.3 Å². The summed E-state index contributed by atoms with van der Waals surface area (Å²) in [5.41, 5.74) is 6.04. The number of amides is 2. The third kappa shape index (κ3) is 3.25. The maximum absolute atomic E-state index is 11.2. The van der Waals surface area contributed by atoms with E-state index in [-0.39, 0.29) is 5.91 Å². The Balaban J connectivity index is 2.73. The molecule has 0 aliphatic heterocycles. The Labute approximate surface area is 92.4 Å². The van der Waals surface area contributed by atoms with E-state index in [1.165, 1.54) is 12.1 Å². The number of carbonyl (C=O) groups excluding carboxylic acids is 2. The highest BCUT2D eigenvalue weighted by molar-refractivity contribution is 6.32. The van der Waals surface area contributed by atoms with Crippen LogP contribution in [0.25, 0.3) is 0 Å². The van der Waals surface area contributed by atoms with E-state index in [1.807, 2.05) is 0 Å². The minimum atomic E-state index is -0.596. The zero-order chi connectivity index (χ0) is 11.4. The lowest BCUT2D eigenvalue weighted by atomic mass is 10.2. The van der Waals surface area contributed by atoms with Gasteiger partial charge >= 0.3 is 0 Å². The summed E-state index contributed by atoms with van der Waals surface area (Å²) in [7, 11) is 0. The number of hydrogen-bond acceptors (Lipinski definition) is 2. The molecule has 3 N–H and O–H groups in total. The van der Waals surface area contributed by atoms with Gasteiger partial charge in [-0.2, -0.15) is 0 Å². The fraction of sp³-hybridized carbons (Fsp3) is 0.200. The van der Waals surface area contributed by atoms with Crippen molar-refractivity contribution in [2.24, 2.45) is 5.73 Å². The molecule has 1 rings (SSSR count). The van der Waals surface area contributed by atoms with Crippen molar-refractivity contribution < 1.29 is 9.59 Å². The predicted octanol–water partition coefficient (Wildman–Crippen LogP) is 1.35. The van der Waals surface area contributed by atoms with E-state index in [2.05, 4.69) is 5.32 Å². The van der Waals surface area contributed by atoms with Crippen LogP contribution in [0.15, 0.2) is 24.3 Å². The van der Waals surface area contributed by atoms with Crippen molar-refractivity contribution in [3.05, 3.63) is 29.8 Å². The van der Waals surface area contributed by atoms with Crippen LogP contribution in [-0.2, 0) is 4.79 Å². The minimum absolute atomic E-state index is 0.288. The number of hydrogen-bond donors (Lipinski definition) is 2. The van der Waals surface area contributed by atoms with Crippen molar-refractivity contribution in [1.29, 1.82) is 0 Å². The number of nitrogens with one attached hydrogen (secondary N) is 1. The summed E-state index contributed by atoms with van der Waals surface area (Å²) >= 11 is 5.57. The molecule has 0 fully saturated rings. The first-order valence-corrected chi connectivity index (χ1v) is 4.79. The van der Waals surface area contributed by atoms with Crippen molar-refractivity contribution in [3.8, 4) is 0 Å². The molecule has 1 atom stereocenters. The molecule has 0 radical (unpaired) electrons. The number of primary amides is 1. The van der Waals surface area contributed by atoms with Crippen LogP contribution >= 0.6 is 11.6 Å². The number of alkyl halides is 1. The van der Waals surface area contributed by atoms with Gasteiger partial charge in [0.2, 0.25) is 11.8 Å². The van der Waals surface area contributed by atoms with Crippen LogP contribution in [0.4, 0.5) is 5.69 Å². The second-order valence-corrected chi connectivity index (χ2v) is 3.70. The van der Waals surface area contributed by atoms with Crippen molar-refractivity contribution in [1.82, 2.24) is 0 Å². The van der Waals surface area contributed by atoms with Crippen LogP contribution in [0.1, 0.15) is 17.3 Å². The van der Waals surface area contributed by atoms with Crippen LogP contribution < -0.4 is 11.1 Å². The summed E-state index contributed by atoms with van der Waals surface area (Å²) in [6.07, 6.45) is 0. The summed E-state index contributed by atoms with van der Waals surface area (Å²) in [4.78, 5) is 22.0. The van der Waals surface area contributed by atoms with Gasteiger partial charge in [0.1, 0.15) is 5.38 Å². The molecule has 0 bridgehead atoms. The Morgan fingerprint density at radius 3 is 2.27 bits per heavy atom. The molecule has 2 amide bonds. The minimum Gasteiger partial charge on any atom is -0.366 e. The van der Waals surface area contributed by atoms with Crippen LogP contribution in [0.3, 0.4) is 0 Å². The topological polar surface area (TPSA) is 72.2 Å². The fourth-order valence-corrected chi connectivity index (χ4v) is 1.01. The highest BCUT2D eigenvalue weighted by Crippen LogP contribution is 2.10. The first kappa shape index (κ1) is 11.5. The zero-order valence-electron chi connectivity index (χ0n) is 8.16. The highest BCUT2D eigenvalue weighted by atomic mass is 35.5. The van der Waals surface area contributed by atoms with Gasteiger partial charge in [-0.05, 0) is 31.2 Å². The normalized spacial score (nSPS) is 11.9. The fourth-order valence-electron chi connectivity index (χ4n) is 0.960. The largest absolute Gasteiger partial charge is 0.366 e. The molecule has 0 spiro atoms. The van der Waals surface area contributed by atoms with Gasteiger partial charge in [-0.3, -0.25) is 9.59 Å². The van der Waals surface area contributed by atoms with E-state index in [0.717, 1.165) is 0 Å². The smallest absolute Gasteiger partial charge is 0.248 e. The number of carbonyl (C=O) groups is 2. The molecule has 5 heteroatoms. The Bertz CT molecular complexity index is 374. The molecule has 4 nitrogen and oxygen atoms in total. The van der Waals surface area contributed by atoms with Gasteiger partial charge in [0.15, 0.2) is 0 Å². The SMILES string of the molecule is C[C@@H](Cl)C(=O)Nc1ccc(C(N)=O)cc1. The average Bonchev–Trinajstić information content (AvgIpc) is 2.18. The molecule has 0 heterocycles. The van der Waals surface area contributed by atoms with E-state index in [4.69, 9.17) is 17.3 Å². The highest BCUT2D eigenvalue weighted by Gasteiger charge is 2.09. The molecule has 1 aromatic rings. The van der Waals surface area contributed by atoms with Gasteiger partial charge in [-0.1, -0.05) is 0 Å². The third-order valence-corrected chi connectivity index (χ3v) is 2.00. The summed E-state index contributed by atoms with van der Waals surface area (Å²) in [6.45, 7) is 1.58. The molecule has 15 heavy (non-hydrogen) atoms. The van der Waals surface area contributed by atoms with Gasteiger partial charge in [0.25, 0.3) is 0 Å². The number of anilines is 1. The molecule has 0 unspecified atom stereocenters. The summed E-state index contributed by atoms with van der Waals surface area (Å²) in [5.74, 6) is -0.790. The van der Waals surface area contributed by atoms with Gasteiger partial charge in [0, 0.05) is 11.3 Å². The molecule has 1 aromatic carbocycles. The molecular weight excluding hydrogens is 216 g/mol. The standard InChI is InChI=1S/C10H11ClN2O2/c1-6(11)10(15)13-8-4-2-7(3-5-8)9(12)14/h2-6H,1H3,(H2,12,14)(H,13,15)/t6-/m1/s1. The van der Waals surface area contributed by atoms with Gasteiger partial charge in [-0.15, -0.1) is 11.6 Å². The summed E-state index contributed by atoms with van der Waals surface area (Å²) in [6, 6.07) is 6.27. The van der Waals surface area contributed by atoms with E-state index >= 15 is 0 Å². The first-order valence-electron chi connectivity index (χ1n) is 4.35. The maximum Gasteiger partial charge on any atom is 0.248 e. The Hall–Kier alpha value is -1.55. The lowest BCUT2D eigenvalue weighted by Gasteiger charge is -2.06. The molecule has 0 aliphatic rings. The molecular formula is C10H11ClN2O2. The number of rotatable bonds is 3. The molecule has 80 valence electrons. The van der Waals surface area contributed by atoms with E-state index in [1.54, 1.807) is 19.1 Å². The van der Waals surface area contributed by atoms with E-state index < -0.39 is 11.3 Å². The summed E-state index contributed by atoms with van der Waals surface area (Å²) in [5, 5.41) is 1.99. The van der Waals surface area contributed by atoms with Crippen LogP contribution in [0.2, 0.25) is 0 Å². The number of halogens is 1. The van der Waals surface area contributed by atoms with E-state index in [0.29, 0.717) is 11.3 Å². The number of nitrogens with two attached hydrogens (primary N) is 1. The zero-order valence-corrected chi connectivity index (χ0v) is 8.91. The predicted molar refractivity (Wildman–Crippen MR) is 58.9 cm³/mol. The molecule has 0 saturated carbocycles. The van der Waals surface area contributed by atoms with Crippen molar-refractivity contribution in [3.63, 3.8) is 0 Å². The quantitative estimate of drug-likeness (QED) is 0.764. The van der Waals surface area contributed by atoms with Crippen molar-refractivity contribution in [2.75, 3.05) is 5.32 Å². The Morgan fingerprint density at radius 1 is 1.33 bits per heavy atom.